The van der Waals surface area contributed by atoms with E-state index >= 15 is 0 Å². The first-order chi connectivity index (χ1) is 20.0. The zero-order chi connectivity index (χ0) is 28.1. The van der Waals surface area contributed by atoms with Crippen LogP contribution >= 0.6 is 0 Å². The van der Waals surface area contributed by atoms with E-state index in [1.807, 2.05) is 67.6 Å². The molecule has 41 heavy (non-hydrogen) atoms. The summed E-state index contributed by atoms with van der Waals surface area (Å²) < 4.78 is 0. The van der Waals surface area contributed by atoms with Gasteiger partial charge in [-0.2, -0.15) is 10.2 Å². The third-order valence-electron chi connectivity index (χ3n) is 7.88. The summed E-state index contributed by atoms with van der Waals surface area (Å²) in [6, 6.07) is 29.0. The predicted molar refractivity (Wildman–Crippen MR) is 154 cm³/mol. The molecule has 9 nitrogen and oxygen atoms in total. The standard InChI is InChI=1S/C32H26N6O3/c1-20-11-15-25(16-12-20)37-31(40)29-30(32(37)41)36(35-33-29)19-28(39)38-27(22-8-3-2-4-9-22)18-26(34-38)24-14-13-21-7-5-6-10-23(21)17-24/h2-17,27,29-30H,18-19H2,1H3/t27-,29-,30+/m1/s1. The molecule has 0 radical (unpaired) electrons. The van der Waals surface area contributed by atoms with E-state index < -0.39 is 23.9 Å². The van der Waals surface area contributed by atoms with E-state index in [1.165, 1.54) is 10.0 Å². The first kappa shape index (κ1) is 24.8. The van der Waals surface area contributed by atoms with E-state index in [0.717, 1.165) is 38.1 Å². The second-order valence-electron chi connectivity index (χ2n) is 10.5. The number of hydrogen-bond donors (Lipinski definition) is 0. The third kappa shape index (κ3) is 4.26. The molecule has 0 aromatic heterocycles. The number of rotatable bonds is 5. The number of benzene rings is 4. The molecule has 0 saturated carbocycles. The smallest absolute Gasteiger partial charge is 0.264 e. The summed E-state index contributed by atoms with van der Waals surface area (Å²) in [5.41, 5.74) is 4.21. The molecule has 0 unspecified atom stereocenters. The highest BCUT2D eigenvalue weighted by Gasteiger charge is 2.55. The van der Waals surface area contributed by atoms with E-state index in [0.29, 0.717) is 12.1 Å². The Morgan fingerprint density at radius 2 is 1.59 bits per heavy atom. The Kier molecular flexibility index (Phi) is 5.92. The van der Waals surface area contributed by atoms with Gasteiger partial charge in [0.1, 0.15) is 6.54 Å². The fourth-order valence-corrected chi connectivity index (χ4v) is 5.73. The van der Waals surface area contributed by atoms with Gasteiger partial charge in [-0.25, -0.2) is 9.91 Å². The van der Waals surface area contributed by atoms with Crippen molar-refractivity contribution in [1.29, 1.82) is 0 Å². The number of anilines is 1. The number of nitrogens with zero attached hydrogens (tertiary/aromatic N) is 6. The van der Waals surface area contributed by atoms with Crippen LogP contribution in [0.1, 0.15) is 29.2 Å². The predicted octanol–water partition coefficient (Wildman–Crippen LogP) is 4.82. The maximum Gasteiger partial charge on any atom is 0.264 e. The number of amides is 3. The number of fused-ring (bicyclic) bond motifs is 2. The van der Waals surface area contributed by atoms with E-state index in [4.69, 9.17) is 5.10 Å². The molecule has 9 heteroatoms. The Morgan fingerprint density at radius 1 is 0.854 bits per heavy atom. The van der Waals surface area contributed by atoms with Gasteiger partial charge in [0.05, 0.1) is 17.4 Å². The van der Waals surface area contributed by atoms with Gasteiger partial charge >= 0.3 is 0 Å². The number of imide groups is 1. The molecular weight excluding hydrogens is 516 g/mol. The Morgan fingerprint density at radius 3 is 2.37 bits per heavy atom. The van der Waals surface area contributed by atoms with Gasteiger partial charge in [0, 0.05) is 6.42 Å². The lowest BCUT2D eigenvalue weighted by atomic mass is 9.97. The number of carbonyl (C=O) groups excluding carboxylic acids is 3. The van der Waals surface area contributed by atoms with Gasteiger partial charge in [0.15, 0.2) is 12.1 Å². The first-order valence-electron chi connectivity index (χ1n) is 13.5. The Balaban J connectivity index is 1.16. The zero-order valence-corrected chi connectivity index (χ0v) is 22.3. The molecule has 1 fully saturated rings. The highest BCUT2D eigenvalue weighted by atomic mass is 16.2. The van der Waals surface area contributed by atoms with E-state index in [2.05, 4.69) is 34.6 Å². The second kappa shape index (κ2) is 9.78. The van der Waals surface area contributed by atoms with E-state index in [-0.39, 0.29) is 18.5 Å². The monoisotopic (exact) mass is 542 g/mol. The summed E-state index contributed by atoms with van der Waals surface area (Å²) in [5.74, 6) is -1.21. The molecule has 0 bridgehead atoms. The molecule has 3 atom stereocenters. The number of hydrazone groups is 1. The maximum atomic E-state index is 13.8. The molecule has 3 heterocycles. The van der Waals surface area contributed by atoms with Gasteiger partial charge in [-0.3, -0.25) is 19.4 Å². The van der Waals surface area contributed by atoms with Gasteiger partial charge in [0.2, 0.25) is 0 Å². The van der Waals surface area contributed by atoms with E-state index in [1.54, 1.807) is 12.1 Å². The Bertz CT molecular complexity index is 1750. The summed E-state index contributed by atoms with van der Waals surface area (Å²) in [6.45, 7) is 1.70. The van der Waals surface area contributed by atoms with Gasteiger partial charge in [-0.15, -0.1) is 0 Å². The number of aryl methyl sites for hydroxylation is 1. The largest absolute Gasteiger partial charge is 0.271 e. The van der Waals surface area contributed by atoms with Crippen LogP contribution in [0.4, 0.5) is 5.69 Å². The average Bonchev–Trinajstić information content (AvgIpc) is 3.69. The van der Waals surface area contributed by atoms with Crippen molar-refractivity contribution in [3.05, 3.63) is 114 Å². The maximum absolute atomic E-state index is 13.8. The molecule has 4 aromatic carbocycles. The van der Waals surface area contributed by atoms with Crippen molar-refractivity contribution in [3.63, 3.8) is 0 Å². The molecule has 7 rings (SSSR count). The highest BCUT2D eigenvalue weighted by molar-refractivity contribution is 6.25. The Labute approximate surface area is 236 Å². The van der Waals surface area contributed by atoms with Crippen molar-refractivity contribution >= 4 is 39.9 Å². The lowest BCUT2D eigenvalue weighted by molar-refractivity contribution is -0.135. The van der Waals surface area contributed by atoms with Crippen LogP contribution in [0.15, 0.2) is 113 Å². The summed E-state index contributed by atoms with van der Waals surface area (Å²) >= 11 is 0. The summed E-state index contributed by atoms with van der Waals surface area (Å²) in [7, 11) is 0. The molecule has 202 valence electrons. The molecule has 1 saturated heterocycles. The van der Waals surface area contributed by atoms with Crippen molar-refractivity contribution in [2.75, 3.05) is 11.4 Å². The molecule has 4 aromatic rings. The third-order valence-corrected chi connectivity index (χ3v) is 7.88. The summed E-state index contributed by atoms with van der Waals surface area (Å²) in [5, 5.41) is 18.0. The minimum atomic E-state index is -0.975. The van der Waals surface area contributed by atoms with Crippen LogP contribution in [0.5, 0.6) is 0 Å². The van der Waals surface area contributed by atoms with Crippen LogP contribution in [-0.4, -0.2) is 52.1 Å². The van der Waals surface area contributed by atoms with Gasteiger partial charge in [-0.1, -0.05) is 89.6 Å². The summed E-state index contributed by atoms with van der Waals surface area (Å²) in [6.07, 6.45) is 0.542. The molecule has 0 aliphatic carbocycles. The average molecular weight is 543 g/mol. The molecule has 3 aliphatic rings. The topological polar surface area (TPSA) is 98.0 Å². The van der Waals surface area contributed by atoms with Crippen LogP contribution in [0.3, 0.4) is 0 Å². The minimum absolute atomic E-state index is 0.233. The molecular formula is C32H26N6O3. The summed E-state index contributed by atoms with van der Waals surface area (Å²) in [4.78, 5) is 41.5. The van der Waals surface area contributed by atoms with Crippen LogP contribution in [0.2, 0.25) is 0 Å². The normalized spacial score (nSPS) is 21.6. The second-order valence-corrected chi connectivity index (χ2v) is 10.5. The van der Waals surface area contributed by atoms with Crippen LogP contribution in [0, 0.1) is 6.92 Å². The fourth-order valence-electron chi connectivity index (χ4n) is 5.73. The lowest BCUT2D eigenvalue weighted by Gasteiger charge is -2.25. The van der Waals surface area contributed by atoms with Gasteiger partial charge in [0.25, 0.3) is 17.7 Å². The minimum Gasteiger partial charge on any atom is -0.271 e. The van der Waals surface area contributed by atoms with Crippen LogP contribution in [0.25, 0.3) is 10.8 Å². The fraction of sp³-hybridized carbons (Fsp3) is 0.188. The zero-order valence-electron chi connectivity index (χ0n) is 22.3. The van der Waals surface area contributed by atoms with Crippen LogP contribution in [-0.2, 0) is 14.4 Å². The number of hydrogen-bond acceptors (Lipinski definition) is 7. The van der Waals surface area contributed by atoms with Crippen molar-refractivity contribution in [3.8, 4) is 0 Å². The quantitative estimate of drug-likeness (QED) is 0.338. The first-order valence-corrected chi connectivity index (χ1v) is 13.5. The van der Waals surface area contributed by atoms with E-state index in [9.17, 15) is 14.4 Å². The van der Waals surface area contributed by atoms with Crippen molar-refractivity contribution in [1.82, 2.24) is 10.0 Å². The molecule has 3 aliphatic heterocycles. The van der Waals surface area contributed by atoms with Crippen LogP contribution < -0.4 is 4.90 Å². The molecule has 3 amide bonds. The van der Waals surface area contributed by atoms with Crippen molar-refractivity contribution in [2.24, 2.45) is 15.4 Å². The van der Waals surface area contributed by atoms with Gasteiger partial charge in [-0.05, 0) is 47.0 Å². The SMILES string of the molecule is Cc1ccc(N2C(=O)[C@@H]3[C@@H](N=NN3CC(=O)N3N=C(c4ccc5ccccc5c4)C[C@@H]3c3ccccc3)C2=O)cc1. The van der Waals surface area contributed by atoms with Crippen molar-refractivity contribution in [2.45, 2.75) is 31.5 Å². The lowest BCUT2D eigenvalue weighted by Crippen LogP contribution is -2.44. The Hall–Kier alpha value is -5.18. The van der Waals surface area contributed by atoms with Crippen molar-refractivity contribution < 1.29 is 14.4 Å². The highest BCUT2D eigenvalue weighted by Crippen LogP contribution is 2.35. The molecule has 0 N–H and O–H groups in total. The van der Waals surface area contributed by atoms with Gasteiger partial charge < -0.3 is 0 Å². The molecule has 0 spiro atoms. The number of carbonyl (C=O) groups is 3.